The lowest BCUT2D eigenvalue weighted by Crippen LogP contribution is -2.14. The molecule has 9 nitrogen and oxygen atoms in total. The number of rotatable bonds is 5. The van der Waals surface area contributed by atoms with Crippen LogP contribution in [0.4, 0.5) is 11.5 Å². The highest BCUT2D eigenvalue weighted by Gasteiger charge is 2.19. The largest absolute Gasteiger partial charge is 0.459 e. The van der Waals surface area contributed by atoms with E-state index in [9.17, 15) is 9.59 Å². The summed E-state index contributed by atoms with van der Waals surface area (Å²) in [5.74, 6) is -0.230. The average Bonchev–Trinajstić information content (AvgIpc) is 3.32. The predicted octanol–water partition coefficient (Wildman–Crippen LogP) is 2.35. The van der Waals surface area contributed by atoms with Crippen LogP contribution in [0.15, 0.2) is 28.9 Å². The Morgan fingerprint density at radius 2 is 1.96 bits per heavy atom. The van der Waals surface area contributed by atoms with Crippen molar-refractivity contribution in [3.63, 3.8) is 0 Å². The summed E-state index contributed by atoms with van der Waals surface area (Å²) in [7, 11) is 1.64. The van der Waals surface area contributed by atoms with E-state index in [-0.39, 0.29) is 17.4 Å². The quantitative estimate of drug-likeness (QED) is 0.730. The maximum absolute atomic E-state index is 12.5. The molecule has 0 unspecified atom stereocenters. The fourth-order valence-corrected chi connectivity index (χ4v) is 2.64. The molecule has 0 aliphatic heterocycles. The third-order valence-electron chi connectivity index (χ3n) is 4.02. The minimum atomic E-state index is -0.416. The Morgan fingerprint density at radius 3 is 2.58 bits per heavy atom. The van der Waals surface area contributed by atoms with Crippen molar-refractivity contribution in [3.05, 3.63) is 47.3 Å². The van der Waals surface area contributed by atoms with Gasteiger partial charge in [-0.1, -0.05) is 0 Å². The van der Waals surface area contributed by atoms with Gasteiger partial charge in [-0.3, -0.25) is 19.0 Å². The third kappa shape index (κ3) is 3.23. The normalized spacial score (nSPS) is 10.8. The molecule has 0 saturated carbocycles. The first-order valence-corrected chi connectivity index (χ1v) is 8.15. The van der Waals surface area contributed by atoms with E-state index in [0.29, 0.717) is 11.5 Å². The molecule has 0 fully saturated rings. The third-order valence-corrected chi connectivity index (χ3v) is 4.02. The number of hydrogen-bond acceptors (Lipinski definition) is 5. The number of aromatic nitrogens is 4. The molecule has 26 heavy (non-hydrogen) atoms. The Bertz CT molecular complexity index is 952. The van der Waals surface area contributed by atoms with Gasteiger partial charge < -0.3 is 15.1 Å². The fraction of sp³-hybridized carbons (Fsp3) is 0.294. The first-order valence-electron chi connectivity index (χ1n) is 8.15. The maximum atomic E-state index is 12.5. The molecule has 0 spiro atoms. The number of carbonyl (C=O) groups is 2. The lowest BCUT2D eigenvalue weighted by Gasteiger charge is -2.04. The van der Waals surface area contributed by atoms with Gasteiger partial charge in [0.15, 0.2) is 11.5 Å². The van der Waals surface area contributed by atoms with Crippen LogP contribution in [0.25, 0.3) is 0 Å². The molecule has 0 aliphatic carbocycles. The number of carbonyl (C=O) groups excluding carboxylic acids is 2. The summed E-state index contributed by atoms with van der Waals surface area (Å²) in [6, 6.07) is 4.68. The van der Waals surface area contributed by atoms with Crippen molar-refractivity contribution in [2.75, 3.05) is 10.6 Å². The molecule has 3 aromatic heterocycles. The van der Waals surface area contributed by atoms with E-state index < -0.39 is 5.91 Å². The van der Waals surface area contributed by atoms with Gasteiger partial charge >= 0.3 is 0 Å². The molecule has 9 heteroatoms. The molecular weight excluding hydrogens is 336 g/mol. The summed E-state index contributed by atoms with van der Waals surface area (Å²) in [5.41, 5.74) is 2.47. The summed E-state index contributed by atoms with van der Waals surface area (Å²) in [6.45, 7) is 6.43. The molecule has 3 heterocycles. The molecule has 2 N–H and O–H groups in total. The van der Waals surface area contributed by atoms with Crippen LogP contribution >= 0.6 is 0 Å². The van der Waals surface area contributed by atoms with Crippen LogP contribution in [0.3, 0.4) is 0 Å². The molecule has 0 saturated heterocycles. The number of anilines is 2. The molecule has 3 aromatic rings. The molecule has 0 bridgehead atoms. The summed E-state index contributed by atoms with van der Waals surface area (Å²) in [6.07, 6.45) is 1.41. The minimum absolute atomic E-state index is 0.176. The van der Waals surface area contributed by atoms with Crippen LogP contribution < -0.4 is 10.6 Å². The van der Waals surface area contributed by atoms with Gasteiger partial charge in [-0.2, -0.15) is 10.2 Å². The van der Waals surface area contributed by atoms with Crippen LogP contribution in [-0.4, -0.2) is 31.4 Å². The molecule has 136 valence electrons. The minimum Gasteiger partial charge on any atom is -0.459 e. The van der Waals surface area contributed by atoms with Crippen molar-refractivity contribution in [2.45, 2.75) is 27.3 Å². The topological polar surface area (TPSA) is 107 Å². The smallest absolute Gasteiger partial charge is 0.292 e. The van der Waals surface area contributed by atoms with Crippen LogP contribution in [0, 0.1) is 13.8 Å². The summed E-state index contributed by atoms with van der Waals surface area (Å²) < 4.78 is 8.29. The molecule has 0 aliphatic rings. The first kappa shape index (κ1) is 17.5. The SMILES string of the molecule is CCn1nc(C)c(NC(=O)c2cc(NC(=O)c3ccco3)n(C)n2)c1C. The van der Waals surface area contributed by atoms with E-state index in [1.54, 1.807) is 19.2 Å². The van der Waals surface area contributed by atoms with Crippen molar-refractivity contribution >= 4 is 23.3 Å². The molecule has 0 radical (unpaired) electrons. The highest BCUT2D eigenvalue weighted by molar-refractivity contribution is 6.05. The van der Waals surface area contributed by atoms with Crippen molar-refractivity contribution in [1.82, 2.24) is 19.6 Å². The zero-order valence-corrected chi connectivity index (χ0v) is 15.0. The van der Waals surface area contributed by atoms with Crippen molar-refractivity contribution in [2.24, 2.45) is 7.05 Å². The Morgan fingerprint density at radius 1 is 1.19 bits per heavy atom. The van der Waals surface area contributed by atoms with Crippen LogP contribution in [-0.2, 0) is 13.6 Å². The fourth-order valence-electron chi connectivity index (χ4n) is 2.64. The predicted molar refractivity (Wildman–Crippen MR) is 95.2 cm³/mol. The van der Waals surface area contributed by atoms with E-state index >= 15 is 0 Å². The Labute approximate surface area is 150 Å². The zero-order chi connectivity index (χ0) is 18.8. The second-order valence-electron chi connectivity index (χ2n) is 5.79. The van der Waals surface area contributed by atoms with Crippen molar-refractivity contribution in [1.29, 1.82) is 0 Å². The Balaban J connectivity index is 1.77. The van der Waals surface area contributed by atoms with Crippen LogP contribution in [0.1, 0.15) is 39.4 Å². The van der Waals surface area contributed by atoms with Gasteiger partial charge in [0.1, 0.15) is 5.82 Å². The first-order chi connectivity index (χ1) is 12.4. The van der Waals surface area contributed by atoms with E-state index in [0.717, 1.165) is 17.9 Å². The van der Waals surface area contributed by atoms with Gasteiger partial charge in [-0.25, -0.2) is 0 Å². The molecule has 0 atom stereocenters. The monoisotopic (exact) mass is 356 g/mol. The molecule has 2 amide bonds. The van der Waals surface area contributed by atoms with Gasteiger partial charge in [-0.05, 0) is 32.9 Å². The second-order valence-corrected chi connectivity index (χ2v) is 5.79. The molecular formula is C17H20N6O3. The summed E-state index contributed by atoms with van der Waals surface area (Å²) >= 11 is 0. The van der Waals surface area contributed by atoms with Crippen LogP contribution in [0.2, 0.25) is 0 Å². The average molecular weight is 356 g/mol. The number of furan rings is 1. The van der Waals surface area contributed by atoms with Crippen molar-refractivity contribution in [3.8, 4) is 0 Å². The highest BCUT2D eigenvalue weighted by Crippen LogP contribution is 2.21. The molecule has 0 aromatic carbocycles. The summed E-state index contributed by atoms with van der Waals surface area (Å²) in [4.78, 5) is 24.6. The molecule has 3 rings (SSSR count). The van der Waals surface area contributed by atoms with Gasteiger partial charge in [0.2, 0.25) is 0 Å². The zero-order valence-electron chi connectivity index (χ0n) is 15.0. The maximum Gasteiger partial charge on any atom is 0.292 e. The van der Waals surface area contributed by atoms with E-state index in [4.69, 9.17) is 4.42 Å². The Kier molecular flexibility index (Phi) is 4.61. The second kappa shape index (κ2) is 6.87. The van der Waals surface area contributed by atoms with Gasteiger partial charge in [0.05, 0.1) is 23.3 Å². The standard InChI is InChI=1S/C17H20N6O3/c1-5-23-11(3)15(10(2)20-23)19-16(24)12-9-14(22(4)21-12)18-17(25)13-7-6-8-26-13/h6-9H,5H2,1-4H3,(H,18,25)(H,19,24). The summed E-state index contributed by atoms with van der Waals surface area (Å²) in [5, 5.41) is 14.0. The number of nitrogens with zero attached hydrogens (tertiary/aromatic N) is 4. The van der Waals surface area contributed by atoms with Crippen molar-refractivity contribution < 1.29 is 14.0 Å². The lowest BCUT2D eigenvalue weighted by atomic mass is 10.3. The highest BCUT2D eigenvalue weighted by atomic mass is 16.3. The van der Waals surface area contributed by atoms with Gasteiger partial charge in [0.25, 0.3) is 11.8 Å². The van der Waals surface area contributed by atoms with Gasteiger partial charge in [-0.15, -0.1) is 0 Å². The van der Waals surface area contributed by atoms with E-state index in [1.165, 1.54) is 17.0 Å². The number of nitrogens with one attached hydrogen (secondary N) is 2. The lowest BCUT2D eigenvalue weighted by molar-refractivity contribution is 0.0993. The van der Waals surface area contributed by atoms with Gasteiger partial charge in [0, 0.05) is 19.7 Å². The Hall–Kier alpha value is -3.36. The number of amides is 2. The van der Waals surface area contributed by atoms with Crippen LogP contribution in [0.5, 0.6) is 0 Å². The number of aryl methyl sites for hydroxylation is 3. The number of hydrogen-bond donors (Lipinski definition) is 2. The van der Waals surface area contributed by atoms with E-state index in [1.807, 2.05) is 25.5 Å². The van der Waals surface area contributed by atoms with E-state index in [2.05, 4.69) is 20.8 Å².